The van der Waals surface area contributed by atoms with E-state index in [0.29, 0.717) is 22.1 Å². The molecule has 3 aromatic rings. The molecular formula is C14H8N2O4. The molecule has 0 radical (unpaired) electrons. The number of aromatic carboxylic acids is 2. The standard InChI is InChI=1S/C14H8N2O4/c17-13(18)7-1-3-9-11(5-7)16-10-4-2-8(14(19)20)6-12(10)15-9/h1-6H,(H,17,18)(H,19,20). The van der Waals surface area contributed by atoms with Crippen LogP contribution in [0.1, 0.15) is 20.7 Å². The summed E-state index contributed by atoms with van der Waals surface area (Å²) in [4.78, 5) is 30.4. The van der Waals surface area contributed by atoms with Gasteiger partial charge >= 0.3 is 11.9 Å². The molecule has 0 spiro atoms. The summed E-state index contributed by atoms with van der Waals surface area (Å²) >= 11 is 0. The molecule has 3 rings (SSSR count). The van der Waals surface area contributed by atoms with Crippen molar-refractivity contribution < 1.29 is 19.8 Å². The predicted molar refractivity (Wildman–Crippen MR) is 71.0 cm³/mol. The van der Waals surface area contributed by atoms with Crippen LogP contribution >= 0.6 is 0 Å². The van der Waals surface area contributed by atoms with Crippen molar-refractivity contribution in [3.05, 3.63) is 47.5 Å². The van der Waals surface area contributed by atoms with Gasteiger partial charge in [-0.15, -0.1) is 0 Å². The van der Waals surface area contributed by atoms with E-state index >= 15 is 0 Å². The lowest BCUT2D eigenvalue weighted by Crippen LogP contribution is -1.99. The topological polar surface area (TPSA) is 100 Å². The second kappa shape index (κ2) is 4.27. The van der Waals surface area contributed by atoms with Crippen LogP contribution < -0.4 is 0 Å². The lowest BCUT2D eigenvalue weighted by Gasteiger charge is -2.03. The number of aromatic nitrogens is 2. The van der Waals surface area contributed by atoms with Gasteiger partial charge in [0.15, 0.2) is 0 Å². The minimum absolute atomic E-state index is 0.133. The second-order valence-corrected chi connectivity index (χ2v) is 4.24. The van der Waals surface area contributed by atoms with Gasteiger partial charge in [-0.3, -0.25) is 0 Å². The molecule has 2 N–H and O–H groups in total. The van der Waals surface area contributed by atoms with Crippen molar-refractivity contribution in [1.82, 2.24) is 9.97 Å². The largest absolute Gasteiger partial charge is 0.478 e. The molecule has 0 saturated heterocycles. The highest BCUT2D eigenvalue weighted by molar-refractivity contribution is 5.96. The van der Waals surface area contributed by atoms with Crippen molar-refractivity contribution in [3.8, 4) is 0 Å². The Morgan fingerprint density at radius 1 is 0.700 bits per heavy atom. The maximum Gasteiger partial charge on any atom is 0.335 e. The van der Waals surface area contributed by atoms with Crippen molar-refractivity contribution in [2.24, 2.45) is 0 Å². The van der Waals surface area contributed by atoms with Gasteiger partial charge < -0.3 is 10.2 Å². The molecule has 1 heterocycles. The number of carboxylic acid groups (broad SMARTS) is 2. The number of benzene rings is 2. The molecule has 0 fully saturated rings. The van der Waals surface area contributed by atoms with Crippen LogP contribution in [0.5, 0.6) is 0 Å². The summed E-state index contributed by atoms with van der Waals surface area (Å²) in [5.74, 6) is -2.06. The highest BCUT2D eigenvalue weighted by Crippen LogP contribution is 2.18. The van der Waals surface area contributed by atoms with E-state index in [1.54, 1.807) is 12.1 Å². The maximum atomic E-state index is 10.9. The zero-order valence-corrected chi connectivity index (χ0v) is 10.1. The number of rotatable bonds is 2. The van der Waals surface area contributed by atoms with Gasteiger partial charge in [0.25, 0.3) is 0 Å². The highest BCUT2D eigenvalue weighted by Gasteiger charge is 2.09. The van der Waals surface area contributed by atoms with E-state index in [0.717, 1.165) is 0 Å². The van der Waals surface area contributed by atoms with Crippen LogP contribution in [0.2, 0.25) is 0 Å². The quantitative estimate of drug-likeness (QED) is 0.691. The molecule has 0 unspecified atom stereocenters. The molecule has 0 aliphatic heterocycles. The van der Waals surface area contributed by atoms with Gasteiger partial charge in [-0.2, -0.15) is 0 Å². The van der Waals surface area contributed by atoms with E-state index in [9.17, 15) is 9.59 Å². The van der Waals surface area contributed by atoms with Gasteiger partial charge in [-0.05, 0) is 36.4 Å². The maximum absolute atomic E-state index is 10.9. The number of fused-ring (bicyclic) bond motifs is 2. The first-order valence-electron chi connectivity index (χ1n) is 5.73. The number of nitrogens with zero attached hydrogens (tertiary/aromatic N) is 2. The summed E-state index contributed by atoms with van der Waals surface area (Å²) in [7, 11) is 0. The monoisotopic (exact) mass is 268 g/mol. The normalized spacial score (nSPS) is 10.8. The fourth-order valence-corrected chi connectivity index (χ4v) is 1.94. The minimum atomic E-state index is -1.03. The van der Waals surface area contributed by atoms with Crippen LogP contribution in [0.4, 0.5) is 0 Å². The summed E-state index contributed by atoms with van der Waals surface area (Å²) in [6.45, 7) is 0. The van der Waals surface area contributed by atoms with E-state index in [4.69, 9.17) is 10.2 Å². The summed E-state index contributed by atoms with van der Waals surface area (Å²) in [6.07, 6.45) is 0. The fraction of sp³-hybridized carbons (Fsp3) is 0. The lowest BCUT2D eigenvalue weighted by atomic mass is 10.1. The Bertz CT molecular complexity index is 800. The molecule has 6 nitrogen and oxygen atoms in total. The number of hydrogen-bond acceptors (Lipinski definition) is 4. The first-order valence-corrected chi connectivity index (χ1v) is 5.73. The third-order valence-electron chi connectivity index (χ3n) is 2.93. The highest BCUT2D eigenvalue weighted by atomic mass is 16.4. The fourth-order valence-electron chi connectivity index (χ4n) is 1.94. The Labute approximate surface area is 112 Å². The van der Waals surface area contributed by atoms with Crippen LogP contribution in [0.3, 0.4) is 0 Å². The van der Waals surface area contributed by atoms with Crippen LogP contribution in [0.15, 0.2) is 36.4 Å². The van der Waals surface area contributed by atoms with E-state index in [2.05, 4.69) is 9.97 Å². The SMILES string of the molecule is O=C(O)c1ccc2nc3cc(C(=O)O)ccc3nc2c1. The Morgan fingerprint density at radius 2 is 1.10 bits per heavy atom. The molecule has 20 heavy (non-hydrogen) atoms. The molecule has 1 aromatic heterocycles. The van der Waals surface area contributed by atoms with Crippen LogP contribution in [-0.4, -0.2) is 32.1 Å². The van der Waals surface area contributed by atoms with Crippen molar-refractivity contribution in [2.45, 2.75) is 0 Å². The smallest absolute Gasteiger partial charge is 0.335 e. The van der Waals surface area contributed by atoms with Crippen molar-refractivity contribution >= 4 is 34.0 Å². The lowest BCUT2D eigenvalue weighted by molar-refractivity contribution is 0.0686. The molecule has 0 bridgehead atoms. The van der Waals surface area contributed by atoms with Crippen molar-refractivity contribution in [3.63, 3.8) is 0 Å². The van der Waals surface area contributed by atoms with Gasteiger partial charge in [0.1, 0.15) is 0 Å². The Kier molecular flexibility index (Phi) is 2.57. The van der Waals surface area contributed by atoms with Crippen molar-refractivity contribution in [2.75, 3.05) is 0 Å². The van der Waals surface area contributed by atoms with Crippen LogP contribution in [-0.2, 0) is 0 Å². The van der Waals surface area contributed by atoms with Crippen LogP contribution in [0, 0.1) is 0 Å². The van der Waals surface area contributed by atoms with Gasteiger partial charge in [-0.1, -0.05) is 0 Å². The third-order valence-corrected chi connectivity index (χ3v) is 2.93. The Hall–Kier alpha value is -3.02. The predicted octanol–water partition coefficient (Wildman–Crippen LogP) is 2.18. The minimum Gasteiger partial charge on any atom is -0.478 e. The Balaban J connectivity index is 2.27. The van der Waals surface area contributed by atoms with Gasteiger partial charge in [0.2, 0.25) is 0 Å². The van der Waals surface area contributed by atoms with Gasteiger partial charge in [-0.25, -0.2) is 19.6 Å². The molecular weight excluding hydrogens is 260 g/mol. The second-order valence-electron chi connectivity index (χ2n) is 4.24. The molecule has 0 aliphatic carbocycles. The van der Waals surface area contributed by atoms with Gasteiger partial charge in [0.05, 0.1) is 33.2 Å². The van der Waals surface area contributed by atoms with Crippen molar-refractivity contribution in [1.29, 1.82) is 0 Å². The zero-order chi connectivity index (χ0) is 14.3. The van der Waals surface area contributed by atoms with Crippen LogP contribution in [0.25, 0.3) is 22.1 Å². The van der Waals surface area contributed by atoms with E-state index < -0.39 is 11.9 Å². The van der Waals surface area contributed by atoms with Gasteiger partial charge in [0, 0.05) is 0 Å². The summed E-state index contributed by atoms with van der Waals surface area (Å²) < 4.78 is 0. The first-order chi connectivity index (χ1) is 9.54. The average Bonchev–Trinajstić information content (AvgIpc) is 2.43. The van der Waals surface area contributed by atoms with E-state index in [-0.39, 0.29) is 11.1 Å². The summed E-state index contributed by atoms with van der Waals surface area (Å²) in [6, 6.07) is 8.86. The molecule has 0 atom stereocenters. The molecule has 2 aromatic carbocycles. The molecule has 0 saturated carbocycles. The third kappa shape index (κ3) is 1.93. The molecule has 0 amide bonds. The van der Waals surface area contributed by atoms with E-state index in [1.807, 2.05) is 0 Å². The first kappa shape index (κ1) is 12.0. The molecule has 6 heteroatoms. The average molecular weight is 268 g/mol. The molecule has 0 aliphatic rings. The summed E-state index contributed by atoms with van der Waals surface area (Å²) in [5.41, 5.74) is 2.22. The number of carboxylic acids is 2. The molecule has 98 valence electrons. The zero-order valence-electron chi connectivity index (χ0n) is 10.1. The van der Waals surface area contributed by atoms with E-state index in [1.165, 1.54) is 24.3 Å². The number of carbonyl (C=O) groups is 2. The summed E-state index contributed by atoms with van der Waals surface area (Å²) in [5, 5.41) is 17.9. The number of hydrogen-bond donors (Lipinski definition) is 2. The Morgan fingerprint density at radius 3 is 1.45 bits per heavy atom.